The third kappa shape index (κ3) is 7.55. The van der Waals surface area contributed by atoms with E-state index in [0.29, 0.717) is 24.9 Å². The number of allylic oxidation sites excluding steroid dienone is 1. The maximum absolute atomic E-state index is 14.6. The summed E-state index contributed by atoms with van der Waals surface area (Å²) in [4.78, 5) is 35.3. The van der Waals surface area contributed by atoms with E-state index >= 15 is 0 Å². The molecular formula is C52H51BN2O6Si. The second-order valence-electron chi connectivity index (χ2n) is 17.8. The normalized spacial score (nSPS) is 20.7. The maximum Gasteiger partial charge on any atom is 0.455 e. The van der Waals surface area contributed by atoms with Gasteiger partial charge >= 0.3 is 7.12 Å². The van der Waals surface area contributed by atoms with Crippen LogP contribution in [0.4, 0.5) is 5.69 Å². The zero-order chi connectivity index (χ0) is 43.0. The van der Waals surface area contributed by atoms with E-state index < -0.39 is 39.3 Å². The van der Waals surface area contributed by atoms with Gasteiger partial charge in [-0.2, -0.15) is 0 Å². The Morgan fingerprint density at radius 1 is 0.806 bits per heavy atom. The Hall–Kier alpha value is -5.91. The van der Waals surface area contributed by atoms with Crippen LogP contribution in [0.1, 0.15) is 51.3 Å². The van der Waals surface area contributed by atoms with Crippen molar-refractivity contribution >= 4 is 65.7 Å². The number of carbonyl (C=O) groups excluding carboxylic acids is 2. The number of hydrogen-bond acceptors (Lipinski definition) is 7. The smallest absolute Gasteiger partial charge is 0.455 e. The van der Waals surface area contributed by atoms with Gasteiger partial charge in [0.25, 0.3) is 8.32 Å². The van der Waals surface area contributed by atoms with Gasteiger partial charge in [0.15, 0.2) is 0 Å². The fourth-order valence-electron chi connectivity index (χ4n) is 10.4. The van der Waals surface area contributed by atoms with Gasteiger partial charge in [-0.15, -0.1) is 0 Å². The third-order valence-corrected chi connectivity index (χ3v) is 18.1. The Morgan fingerprint density at radius 2 is 1.44 bits per heavy atom. The number of benzene rings is 5. The van der Waals surface area contributed by atoms with Gasteiger partial charge in [-0.25, -0.2) is 0 Å². The predicted molar refractivity (Wildman–Crippen MR) is 249 cm³/mol. The SMILES string of the molecule is CC(C)(C)[Si](OCC1=C2[C@@H](CC/C(=C/c3ccc(O)c4ccccc34)c3ccccn3)OB(O)C[C@@H]2[C@@H]2C(=O)N(c3ccccc3)C(=O)[C@@H]2C1)(c1ccccc1)c1ccccc1. The number of hydrogen-bond donors (Lipinski definition) is 2. The molecule has 6 aromatic rings. The molecule has 0 radical (unpaired) electrons. The summed E-state index contributed by atoms with van der Waals surface area (Å²) in [5.41, 5.74) is 5.19. The van der Waals surface area contributed by atoms with Gasteiger partial charge in [-0.3, -0.25) is 19.5 Å². The van der Waals surface area contributed by atoms with Crippen molar-refractivity contribution in [1.82, 2.24) is 4.98 Å². The lowest BCUT2D eigenvalue weighted by molar-refractivity contribution is -0.122. The molecule has 2 amide bonds. The zero-order valence-electron chi connectivity index (χ0n) is 35.4. The summed E-state index contributed by atoms with van der Waals surface area (Å²) in [5, 5.41) is 25.9. The largest absolute Gasteiger partial charge is 0.507 e. The average molecular weight is 839 g/mol. The minimum absolute atomic E-state index is 0.194. The van der Waals surface area contributed by atoms with Crippen molar-refractivity contribution in [2.45, 2.75) is 57.5 Å². The molecule has 0 bridgehead atoms. The highest BCUT2D eigenvalue weighted by Gasteiger charge is 2.58. The molecule has 62 heavy (non-hydrogen) atoms. The quantitative estimate of drug-likeness (QED) is 0.0763. The van der Waals surface area contributed by atoms with Crippen LogP contribution in [-0.2, 0) is 18.7 Å². The van der Waals surface area contributed by atoms with Crippen molar-refractivity contribution < 1.29 is 28.8 Å². The lowest BCUT2D eigenvalue weighted by atomic mass is 9.58. The molecule has 1 aromatic heterocycles. The summed E-state index contributed by atoms with van der Waals surface area (Å²) < 4.78 is 14.1. The number of fused-ring (bicyclic) bond motifs is 4. The Labute approximate surface area is 364 Å². The van der Waals surface area contributed by atoms with E-state index in [2.05, 4.69) is 75.4 Å². The molecule has 312 valence electrons. The standard InChI is InChI=1S/C52H51BN2O6Si/c1-52(2,3)62(39-19-9-5-10-20-39,40-21-11-6-12-22-40)60-34-37-32-43-49(51(58)55(50(43)57)38-17-7-4-8-18-38)44-33-53(59)61-47(48(37)44)29-27-36(45-25-15-16-30-54-45)31-35-26-28-46(56)42-24-14-13-23-41(35)42/h4-26,28,30-31,43-44,47,49,56,59H,27,29,32-34H2,1-3H3/b36-31-/t43-,44+,47-,49-/m1/s1. The Morgan fingerprint density at radius 3 is 2.08 bits per heavy atom. The summed E-state index contributed by atoms with van der Waals surface area (Å²) in [6, 6.07) is 47.4. The van der Waals surface area contributed by atoms with E-state index in [9.17, 15) is 19.7 Å². The van der Waals surface area contributed by atoms with Crippen LogP contribution in [-0.4, -0.2) is 55.1 Å². The van der Waals surface area contributed by atoms with E-state index in [1.807, 2.05) is 78.9 Å². The number of imide groups is 1. The monoisotopic (exact) mass is 838 g/mol. The van der Waals surface area contributed by atoms with Crippen LogP contribution < -0.4 is 15.3 Å². The number of para-hydroxylation sites is 1. The van der Waals surface area contributed by atoms with E-state index in [0.717, 1.165) is 49.1 Å². The van der Waals surface area contributed by atoms with Gasteiger partial charge < -0.3 is 19.2 Å². The van der Waals surface area contributed by atoms with Gasteiger partial charge in [0.1, 0.15) is 5.75 Å². The van der Waals surface area contributed by atoms with Crippen LogP contribution in [0.2, 0.25) is 11.4 Å². The second kappa shape index (κ2) is 17.1. The number of pyridine rings is 1. The zero-order valence-corrected chi connectivity index (χ0v) is 36.4. The molecule has 9 rings (SSSR count). The molecule has 2 saturated heterocycles. The highest BCUT2D eigenvalue weighted by atomic mass is 28.4. The summed E-state index contributed by atoms with van der Waals surface area (Å²) >= 11 is 0. The van der Waals surface area contributed by atoms with E-state index in [-0.39, 0.29) is 35.5 Å². The van der Waals surface area contributed by atoms with Gasteiger partial charge in [-0.1, -0.05) is 136 Å². The molecule has 4 atom stereocenters. The number of nitrogens with zero attached hydrogens (tertiary/aromatic N) is 2. The van der Waals surface area contributed by atoms with Crippen molar-refractivity contribution in [2.24, 2.45) is 17.8 Å². The van der Waals surface area contributed by atoms with E-state index in [1.54, 1.807) is 24.4 Å². The van der Waals surface area contributed by atoms with Crippen LogP contribution >= 0.6 is 0 Å². The van der Waals surface area contributed by atoms with Crippen molar-refractivity contribution in [3.05, 3.63) is 174 Å². The van der Waals surface area contributed by atoms with E-state index in [1.165, 1.54) is 4.90 Å². The molecule has 2 aliphatic heterocycles. The fraction of sp³-hybridized carbons (Fsp3) is 0.250. The molecule has 1 aliphatic carbocycles. The first-order valence-corrected chi connectivity index (χ1v) is 23.5. The van der Waals surface area contributed by atoms with Gasteiger partial charge in [0.05, 0.1) is 35.9 Å². The molecule has 3 aliphatic rings. The van der Waals surface area contributed by atoms with Crippen LogP contribution in [0.15, 0.2) is 163 Å². The minimum atomic E-state index is -3.03. The molecule has 3 heterocycles. The lowest BCUT2D eigenvalue weighted by Gasteiger charge is -2.46. The number of aromatic nitrogens is 1. The van der Waals surface area contributed by atoms with E-state index in [4.69, 9.17) is 14.1 Å². The van der Waals surface area contributed by atoms with Gasteiger partial charge in [0, 0.05) is 11.6 Å². The Kier molecular flexibility index (Phi) is 11.4. The molecule has 2 fully saturated rings. The van der Waals surface area contributed by atoms with Crippen molar-refractivity contribution in [3.8, 4) is 5.75 Å². The van der Waals surface area contributed by atoms with Crippen LogP contribution in [0.3, 0.4) is 0 Å². The number of amides is 2. The highest BCUT2D eigenvalue weighted by Crippen LogP contribution is 2.52. The molecule has 0 spiro atoms. The molecule has 0 unspecified atom stereocenters. The maximum atomic E-state index is 14.6. The predicted octanol–water partition coefficient (Wildman–Crippen LogP) is 8.84. The average Bonchev–Trinajstić information content (AvgIpc) is 3.54. The number of phenols is 1. The highest BCUT2D eigenvalue weighted by molar-refractivity contribution is 6.99. The summed E-state index contributed by atoms with van der Waals surface area (Å²) in [5.74, 6) is -1.92. The Balaban J connectivity index is 1.15. The molecule has 0 saturated carbocycles. The van der Waals surface area contributed by atoms with Crippen molar-refractivity contribution in [3.63, 3.8) is 0 Å². The third-order valence-electron chi connectivity index (χ3n) is 13.1. The molecule has 5 aromatic carbocycles. The molecular weight excluding hydrogens is 787 g/mol. The van der Waals surface area contributed by atoms with Gasteiger partial charge in [0.2, 0.25) is 11.8 Å². The molecule has 10 heteroatoms. The Bertz CT molecular complexity index is 2610. The van der Waals surface area contributed by atoms with Crippen LogP contribution in [0.5, 0.6) is 5.75 Å². The molecule has 8 nitrogen and oxygen atoms in total. The minimum Gasteiger partial charge on any atom is -0.507 e. The number of aromatic hydroxyl groups is 1. The fourth-order valence-corrected chi connectivity index (χ4v) is 15.0. The first-order chi connectivity index (χ1) is 30.0. The second-order valence-corrected chi connectivity index (χ2v) is 22.1. The summed E-state index contributed by atoms with van der Waals surface area (Å²) in [6.45, 7) is 6.99. The van der Waals surface area contributed by atoms with Crippen molar-refractivity contribution in [2.75, 3.05) is 11.5 Å². The summed E-state index contributed by atoms with van der Waals surface area (Å²) in [6.07, 6.45) is 4.88. The van der Waals surface area contributed by atoms with Crippen LogP contribution in [0.25, 0.3) is 22.4 Å². The number of anilines is 1. The first kappa shape index (κ1) is 41.4. The van der Waals surface area contributed by atoms with Crippen LogP contribution in [0, 0.1) is 17.8 Å². The first-order valence-electron chi connectivity index (χ1n) is 21.6. The molecule has 2 N–H and O–H groups in total. The number of rotatable bonds is 11. The number of carbonyl (C=O) groups is 2. The lowest BCUT2D eigenvalue weighted by Crippen LogP contribution is -2.66. The van der Waals surface area contributed by atoms with Gasteiger partial charge in [-0.05, 0) is 111 Å². The number of phenolic OH excluding ortho intramolecular Hbond substituents is 1. The summed E-state index contributed by atoms with van der Waals surface area (Å²) in [7, 11) is -4.16. The topological polar surface area (TPSA) is 109 Å². The van der Waals surface area contributed by atoms with Crippen molar-refractivity contribution in [1.29, 1.82) is 0 Å².